The highest BCUT2D eigenvalue weighted by Crippen LogP contribution is 2.38. The van der Waals surface area contributed by atoms with E-state index in [1.165, 1.54) is 0 Å². The molecule has 0 aliphatic carbocycles. The number of halogens is 4. The van der Waals surface area contributed by atoms with E-state index in [9.17, 15) is 19.2 Å². The van der Waals surface area contributed by atoms with Gasteiger partial charge in [-0.15, -0.1) is 0 Å². The van der Waals surface area contributed by atoms with Crippen LogP contribution in [0.5, 0.6) is 0 Å². The highest BCUT2D eigenvalue weighted by molar-refractivity contribution is 14.1. The topological polar surface area (TPSA) is 92.8 Å². The van der Waals surface area contributed by atoms with Crippen molar-refractivity contribution in [3.63, 3.8) is 0 Å². The van der Waals surface area contributed by atoms with Gasteiger partial charge in [-0.2, -0.15) is 0 Å². The van der Waals surface area contributed by atoms with Crippen molar-refractivity contribution in [1.29, 1.82) is 0 Å². The molecule has 0 saturated heterocycles. The number of fused-ring (bicyclic) bond motifs is 1. The normalized spacial score (nSPS) is 13.8. The Kier molecular flexibility index (Phi) is 10.2. The third kappa shape index (κ3) is 6.30. The Morgan fingerprint density at radius 1 is 0.914 bits per heavy atom. The predicted molar refractivity (Wildman–Crippen MR) is 166 cm³/mol. The van der Waals surface area contributed by atoms with Crippen molar-refractivity contribution >= 4 is 120 Å². The second kappa shape index (κ2) is 12.3. The number of hydrogen-bond donors (Lipinski definition) is 1. The van der Waals surface area contributed by atoms with Gasteiger partial charge in [0.15, 0.2) is 6.61 Å². The Balaban J connectivity index is 1.79. The smallest absolute Gasteiger partial charge is 0.329 e. The van der Waals surface area contributed by atoms with Crippen LogP contribution in [0.25, 0.3) is 0 Å². The summed E-state index contributed by atoms with van der Waals surface area (Å²) in [6, 6.07) is 6.26. The van der Waals surface area contributed by atoms with E-state index in [-0.39, 0.29) is 12.3 Å². The molecule has 2 aromatic rings. The first-order chi connectivity index (χ1) is 16.5. The molecule has 0 radical (unpaired) electrons. The Hall–Kier alpha value is -0.560. The summed E-state index contributed by atoms with van der Waals surface area (Å²) in [6.07, 6.45) is 1.11. The summed E-state index contributed by atoms with van der Waals surface area (Å²) in [7, 11) is 0. The van der Waals surface area contributed by atoms with Crippen molar-refractivity contribution < 1.29 is 23.9 Å². The third-order valence-corrected chi connectivity index (χ3v) is 12.8. The molecule has 0 aromatic heterocycles. The summed E-state index contributed by atoms with van der Waals surface area (Å²) in [5, 5.41) is 2.69. The molecule has 35 heavy (non-hydrogen) atoms. The number of amides is 3. The molecule has 1 aliphatic heterocycles. The van der Waals surface area contributed by atoms with Crippen LogP contribution in [-0.4, -0.2) is 41.2 Å². The van der Waals surface area contributed by atoms with Crippen LogP contribution < -0.4 is 5.32 Å². The van der Waals surface area contributed by atoms with Gasteiger partial charge in [-0.25, -0.2) is 4.79 Å². The van der Waals surface area contributed by atoms with Gasteiger partial charge in [0.25, 0.3) is 17.7 Å². The minimum absolute atomic E-state index is 0.00110. The Labute approximate surface area is 258 Å². The number of hydrogen-bond acceptors (Lipinski definition) is 5. The van der Waals surface area contributed by atoms with Gasteiger partial charge >= 0.3 is 5.97 Å². The molecule has 1 atom stereocenters. The number of anilines is 1. The zero-order chi connectivity index (χ0) is 26.0. The molecule has 1 heterocycles. The van der Waals surface area contributed by atoms with E-state index in [2.05, 4.69) is 95.7 Å². The molecular weight excluding hydrogens is 904 g/mol. The number of imide groups is 1. The Morgan fingerprint density at radius 2 is 1.43 bits per heavy atom. The number of nitrogens with one attached hydrogen (secondary N) is 1. The van der Waals surface area contributed by atoms with Crippen LogP contribution in [-0.2, 0) is 20.7 Å². The predicted octanol–water partition coefficient (Wildman–Crippen LogP) is 5.86. The number of rotatable bonds is 8. The van der Waals surface area contributed by atoms with Crippen molar-refractivity contribution in [3.05, 3.63) is 55.2 Å². The summed E-state index contributed by atoms with van der Waals surface area (Å²) < 4.78 is 8.45. The SMILES string of the molecule is CCc1ccc(NC(=O)COC(=O)C(CC(C)C)N2C(=O)c3c(I)c(I)c(I)c(I)c3C2=O)cc1. The minimum Gasteiger partial charge on any atom is -0.454 e. The number of aryl methyl sites for hydroxylation is 1. The quantitative estimate of drug-likeness (QED) is 0.118. The molecular formula is C24H22I4N2O5. The second-order valence-electron chi connectivity index (χ2n) is 8.34. The lowest BCUT2D eigenvalue weighted by Gasteiger charge is -2.26. The van der Waals surface area contributed by atoms with Gasteiger partial charge in [-0.3, -0.25) is 19.3 Å². The van der Waals surface area contributed by atoms with Crippen molar-refractivity contribution in [3.8, 4) is 0 Å². The molecule has 1 unspecified atom stereocenters. The maximum absolute atomic E-state index is 13.4. The van der Waals surface area contributed by atoms with Gasteiger partial charge in [0.2, 0.25) is 0 Å². The van der Waals surface area contributed by atoms with Gasteiger partial charge in [0.05, 0.1) is 11.1 Å². The fourth-order valence-corrected chi connectivity index (χ4v) is 7.31. The van der Waals surface area contributed by atoms with E-state index in [1.807, 2.05) is 32.9 Å². The summed E-state index contributed by atoms with van der Waals surface area (Å²) in [6.45, 7) is 5.31. The highest BCUT2D eigenvalue weighted by Gasteiger charge is 2.47. The molecule has 3 amide bonds. The van der Waals surface area contributed by atoms with Crippen LogP contribution in [0.4, 0.5) is 5.69 Å². The summed E-state index contributed by atoms with van der Waals surface area (Å²) >= 11 is 8.46. The Morgan fingerprint density at radius 3 is 1.89 bits per heavy atom. The van der Waals surface area contributed by atoms with E-state index >= 15 is 0 Å². The maximum atomic E-state index is 13.4. The lowest BCUT2D eigenvalue weighted by molar-refractivity contribution is -0.151. The van der Waals surface area contributed by atoms with Crippen molar-refractivity contribution in [2.45, 2.75) is 39.7 Å². The molecule has 1 aliphatic rings. The lowest BCUT2D eigenvalue weighted by atomic mass is 10.0. The third-order valence-electron chi connectivity index (χ3n) is 5.40. The molecule has 11 heteroatoms. The van der Waals surface area contributed by atoms with E-state index in [4.69, 9.17) is 4.74 Å². The fourth-order valence-electron chi connectivity index (χ4n) is 3.66. The summed E-state index contributed by atoms with van der Waals surface area (Å²) in [5.41, 5.74) is 2.37. The first-order valence-corrected chi connectivity index (χ1v) is 15.1. The Bertz CT molecular complexity index is 1150. The summed E-state index contributed by atoms with van der Waals surface area (Å²) in [5.74, 6) is -2.30. The largest absolute Gasteiger partial charge is 0.454 e. The lowest BCUT2D eigenvalue weighted by Crippen LogP contribution is -2.47. The molecule has 0 fully saturated rings. The van der Waals surface area contributed by atoms with Gasteiger partial charge in [-0.05, 0) is 127 Å². The van der Waals surface area contributed by atoms with Crippen LogP contribution in [0.1, 0.15) is 53.5 Å². The summed E-state index contributed by atoms with van der Waals surface area (Å²) in [4.78, 5) is 53.3. The zero-order valence-corrected chi connectivity index (χ0v) is 27.7. The van der Waals surface area contributed by atoms with Crippen molar-refractivity contribution in [2.24, 2.45) is 5.92 Å². The number of benzene rings is 2. The molecule has 0 spiro atoms. The van der Waals surface area contributed by atoms with E-state index in [1.54, 1.807) is 12.1 Å². The minimum atomic E-state index is -1.12. The average molecular weight is 926 g/mol. The van der Waals surface area contributed by atoms with E-state index < -0.39 is 36.3 Å². The first-order valence-electron chi connectivity index (χ1n) is 10.8. The van der Waals surface area contributed by atoms with Crippen molar-refractivity contribution in [1.82, 2.24) is 4.90 Å². The number of carbonyl (C=O) groups excluding carboxylic acids is 4. The van der Waals surface area contributed by atoms with E-state index in [0.717, 1.165) is 24.0 Å². The maximum Gasteiger partial charge on any atom is 0.329 e. The van der Waals surface area contributed by atoms with Crippen molar-refractivity contribution in [2.75, 3.05) is 11.9 Å². The number of ether oxygens (including phenoxy) is 1. The molecule has 0 bridgehead atoms. The standard InChI is InChI=1S/C24H22I4N2O5/c1-4-12-5-7-13(8-6-12)29-15(31)10-35-24(34)14(9-11(2)3)30-22(32)16-17(23(30)33)19(26)21(28)20(27)18(16)25/h5-8,11,14H,4,9-10H2,1-3H3,(H,29,31). The number of esters is 1. The van der Waals surface area contributed by atoms with Crippen LogP contribution in [0.3, 0.4) is 0 Å². The zero-order valence-electron chi connectivity index (χ0n) is 19.1. The second-order valence-corrected chi connectivity index (χ2v) is 12.7. The average Bonchev–Trinajstić information content (AvgIpc) is 3.08. The van der Waals surface area contributed by atoms with Gasteiger partial charge in [-0.1, -0.05) is 32.9 Å². The molecule has 0 saturated carbocycles. The number of carbonyl (C=O) groups is 4. The monoisotopic (exact) mass is 926 g/mol. The van der Waals surface area contributed by atoms with Crippen LogP contribution in [0.15, 0.2) is 24.3 Å². The fraction of sp³-hybridized carbons (Fsp3) is 0.333. The molecule has 7 nitrogen and oxygen atoms in total. The highest BCUT2D eigenvalue weighted by atomic mass is 127. The first kappa shape index (κ1) is 29.0. The van der Waals surface area contributed by atoms with Gasteiger partial charge < -0.3 is 10.1 Å². The van der Waals surface area contributed by atoms with Gasteiger partial charge in [0, 0.05) is 20.0 Å². The molecule has 3 rings (SSSR count). The molecule has 1 N–H and O–H groups in total. The van der Waals surface area contributed by atoms with Gasteiger partial charge in [0.1, 0.15) is 6.04 Å². The number of nitrogens with zero attached hydrogens (tertiary/aromatic N) is 1. The molecule has 2 aromatic carbocycles. The van der Waals surface area contributed by atoms with Crippen LogP contribution in [0.2, 0.25) is 0 Å². The van der Waals surface area contributed by atoms with E-state index in [0.29, 0.717) is 24.0 Å². The molecule has 186 valence electrons. The van der Waals surface area contributed by atoms with Crippen LogP contribution in [0, 0.1) is 20.2 Å². The van der Waals surface area contributed by atoms with Crippen LogP contribution >= 0.6 is 90.4 Å².